The van der Waals surface area contributed by atoms with Crippen LogP contribution in [0.5, 0.6) is 0 Å². The molecule has 0 saturated heterocycles. The van der Waals surface area contributed by atoms with Gasteiger partial charge >= 0.3 is 0 Å². The second-order valence-corrected chi connectivity index (χ2v) is 4.59. The number of aryl methyl sites for hydroxylation is 1. The molecular weight excluding hydrogens is 226 g/mol. The number of nitrogens with two attached hydrogens (primary N) is 1. The molecule has 0 spiro atoms. The molecule has 18 heavy (non-hydrogen) atoms. The zero-order valence-corrected chi connectivity index (χ0v) is 11.1. The number of hydrogen-bond acceptors (Lipinski definition) is 2. The van der Waals surface area contributed by atoms with Gasteiger partial charge in [0.2, 0.25) is 0 Å². The molecule has 1 heterocycles. The molecule has 0 aliphatic carbocycles. The second kappa shape index (κ2) is 4.72. The van der Waals surface area contributed by atoms with Gasteiger partial charge in [-0.15, -0.1) is 0 Å². The van der Waals surface area contributed by atoms with Gasteiger partial charge in [0.15, 0.2) is 0 Å². The normalized spacial score (nSPS) is 10.8. The summed E-state index contributed by atoms with van der Waals surface area (Å²) in [6.45, 7) is 4.60. The first kappa shape index (κ1) is 12.5. The van der Waals surface area contributed by atoms with Crippen LogP contribution in [-0.2, 0) is 20.0 Å². The Morgan fingerprint density at radius 3 is 2.33 bits per heavy atom. The van der Waals surface area contributed by atoms with Crippen LogP contribution < -0.4 is 11.3 Å². The first-order chi connectivity index (χ1) is 8.54. The summed E-state index contributed by atoms with van der Waals surface area (Å²) in [4.78, 5) is 12.1. The van der Waals surface area contributed by atoms with Gasteiger partial charge in [0.1, 0.15) is 5.69 Å². The van der Waals surface area contributed by atoms with Crippen molar-refractivity contribution in [2.24, 2.45) is 7.05 Å². The van der Waals surface area contributed by atoms with Crippen LogP contribution in [0.4, 0.5) is 5.69 Å². The monoisotopic (exact) mass is 245 g/mol. The van der Waals surface area contributed by atoms with Crippen molar-refractivity contribution < 1.29 is 0 Å². The van der Waals surface area contributed by atoms with Crippen LogP contribution in [0.2, 0.25) is 0 Å². The number of benzene rings is 1. The smallest absolute Gasteiger partial charge is 0.290 e. The lowest BCUT2D eigenvalue weighted by Crippen LogP contribution is -2.23. The summed E-state index contributed by atoms with van der Waals surface area (Å²) in [7, 11) is 1.88. The maximum atomic E-state index is 12.1. The summed E-state index contributed by atoms with van der Waals surface area (Å²) >= 11 is 0. The minimum absolute atomic E-state index is 0.102. The van der Waals surface area contributed by atoms with E-state index in [9.17, 15) is 4.79 Å². The van der Waals surface area contributed by atoms with E-state index in [0.717, 1.165) is 17.7 Å². The number of anilines is 1. The van der Waals surface area contributed by atoms with Crippen molar-refractivity contribution in [3.05, 3.63) is 51.4 Å². The highest BCUT2D eigenvalue weighted by atomic mass is 16.1. The standard InChI is InChI=1S/C14H19N3O/c1-4-12-13(15)14(18)17(16(12)3)9-11-7-5-10(2)6-8-11/h5-8H,4,9,15H2,1-3H3. The van der Waals surface area contributed by atoms with Crippen molar-refractivity contribution in [1.29, 1.82) is 0 Å². The van der Waals surface area contributed by atoms with E-state index in [1.807, 2.05) is 49.8 Å². The van der Waals surface area contributed by atoms with Crippen molar-refractivity contribution in [1.82, 2.24) is 9.36 Å². The molecule has 4 nitrogen and oxygen atoms in total. The molecule has 0 bridgehead atoms. The summed E-state index contributed by atoms with van der Waals surface area (Å²) in [5, 5.41) is 0. The second-order valence-electron chi connectivity index (χ2n) is 4.59. The van der Waals surface area contributed by atoms with Crippen molar-refractivity contribution in [2.75, 3.05) is 5.73 Å². The van der Waals surface area contributed by atoms with E-state index in [0.29, 0.717) is 12.2 Å². The highest BCUT2D eigenvalue weighted by Gasteiger charge is 2.13. The van der Waals surface area contributed by atoms with E-state index in [-0.39, 0.29) is 5.56 Å². The Hall–Kier alpha value is -1.97. The van der Waals surface area contributed by atoms with Gasteiger partial charge in [-0.05, 0) is 18.9 Å². The summed E-state index contributed by atoms with van der Waals surface area (Å²) in [5.74, 6) is 0. The predicted molar refractivity (Wildman–Crippen MR) is 73.7 cm³/mol. The Morgan fingerprint density at radius 1 is 1.22 bits per heavy atom. The minimum atomic E-state index is -0.102. The molecule has 2 aromatic rings. The molecule has 0 fully saturated rings. The lowest BCUT2D eigenvalue weighted by molar-refractivity contribution is 0.520. The Kier molecular flexibility index (Phi) is 3.28. The number of hydrogen-bond donors (Lipinski definition) is 1. The van der Waals surface area contributed by atoms with Crippen LogP contribution in [0, 0.1) is 6.92 Å². The van der Waals surface area contributed by atoms with E-state index in [1.165, 1.54) is 5.56 Å². The fraction of sp³-hybridized carbons (Fsp3) is 0.357. The zero-order valence-electron chi connectivity index (χ0n) is 11.1. The van der Waals surface area contributed by atoms with Crippen molar-refractivity contribution in [3.8, 4) is 0 Å². The summed E-state index contributed by atoms with van der Waals surface area (Å²) in [6.07, 6.45) is 0.762. The van der Waals surface area contributed by atoms with E-state index in [1.54, 1.807) is 4.68 Å². The first-order valence-corrected chi connectivity index (χ1v) is 6.14. The Bertz CT molecular complexity index is 605. The van der Waals surface area contributed by atoms with E-state index in [2.05, 4.69) is 0 Å². The number of nitrogens with zero attached hydrogens (tertiary/aromatic N) is 2. The van der Waals surface area contributed by atoms with Gasteiger partial charge in [0.05, 0.1) is 12.2 Å². The Labute approximate surface area is 107 Å². The number of nitrogen functional groups attached to an aromatic ring is 1. The van der Waals surface area contributed by atoms with Crippen molar-refractivity contribution >= 4 is 5.69 Å². The van der Waals surface area contributed by atoms with E-state index >= 15 is 0 Å². The van der Waals surface area contributed by atoms with Crippen LogP contribution in [-0.4, -0.2) is 9.36 Å². The number of rotatable bonds is 3. The predicted octanol–water partition coefficient (Wildman–Crippen LogP) is 1.69. The molecule has 0 aliphatic rings. The van der Waals surface area contributed by atoms with Gasteiger partial charge in [-0.1, -0.05) is 36.8 Å². The average molecular weight is 245 g/mol. The van der Waals surface area contributed by atoms with Crippen LogP contribution >= 0.6 is 0 Å². The molecule has 0 radical (unpaired) electrons. The summed E-state index contributed by atoms with van der Waals surface area (Å²) < 4.78 is 3.54. The minimum Gasteiger partial charge on any atom is -0.393 e. The van der Waals surface area contributed by atoms with Gasteiger partial charge < -0.3 is 5.73 Å². The Balaban J connectivity index is 2.41. The topological polar surface area (TPSA) is 53.0 Å². The molecule has 2 N–H and O–H groups in total. The Morgan fingerprint density at radius 2 is 1.83 bits per heavy atom. The molecule has 0 unspecified atom stereocenters. The van der Waals surface area contributed by atoms with E-state index in [4.69, 9.17) is 5.73 Å². The van der Waals surface area contributed by atoms with Gasteiger partial charge in [0, 0.05) is 7.05 Å². The summed E-state index contributed by atoms with van der Waals surface area (Å²) in [6, 6.07) is 8.17. The maximum absolute atomic E-state index is 12.1. The molecule has 0 aliphatic heterocycles. The molecular formula is C14H19N3O. The molecule has 0 amide bonds. The lowest BCUT2D eigenvalue weighted by Gasteiger charge is -2.09. The fourth-order valence-corrected chi connectivity index (χ4v) is 2.18. The molecule has 96 valence electrons. The van der Waals surface area contributed by atoms with Gasteiger partial charge in [-0.25, -0.2) is 4.68 Å². The highest BCUT2D eigenvalue weighted by Crippen LogP contribution is 2.10. The molecule has 1 aromatic carbocycles. The van der Waals surface area contributed by atoms with Crippen LogP contribution in [0.1, 0.15) is 23.7 Å². The molecule has 4 heteroatoms. The van der Waals surface area contributed by atoms with Gasteiger partial charge in [-0.3, -0.25) is 9.48 Å². The van der Waals surface area contributed by atoms with Gasteiger partial charge in [0.25, 0.3) is 5.56 Å². The third-order valence-corrected chi connectivity index (χ3v) is 3.32. The van der Waals surface area contributed by atoms with E-state index < -0.39 is 0 Å². The molecule has 1 aromatic heterocycles. The molecule has 2 rings (SSSR count). The lowest BCUT2D eigenvalue weighted by atomic mass is 10.1. The SMILES string of the molecule is CCc1c(N)c(=O)n(Cc2ccc(C)cc2)n1C. The highest BCUT2D eigenvalue weighted by molar-refractivity contribution is 5.41. The molecule has 0 saturated carbocycles. The number of aromatic nitrogens is 2. The quantitative estimate of drug-likeness (QED) is 0.894. The van der Waals surface area contributed by atoms with Crippen LogP contribution in [0.3, 0.4) is 0 Å². The van der Waals surface area contributed by atoms with Crippen LogP contribution in [0.25, 0.3) is 0 Å². The fourth-order valence-electron chi connectivity index (χ4n) is 2.18. The largest absolute Gasteiger partial charge is 0.393 e. The first-order valence-electron chi connectivity index (χ1n) is 6.14. The maximum Gasteiger partial charge on any atom is 0.290 e. The van der Waals surface area contributed by atoms with Crippen molar-refractivity contribution in [3.63, 3.8) is 0 Å². The van der Waals surface area contributed by atoms with Crippen molar-refractivity contribution in [2.45, 2.75) is 26.8 Å². The third kappa shape index (κ3) is 2.06. The van der Waals surface area contributed by atoms with Gasteiger partial charge in [-0.2, -0.15) is 0 Å². The zero-order chi connectivity index (χ0) is 13.3. The average Bonchev–Trinajstić information content (AvgIpc) is 2.56. The van der Waals surface area contributed by atoms with Crippen LogP contribution in [0.15, 0.2) is 29.1 Å². The third-order valence-electron chi connectivity index (χ3n) is 3.32. The molecule has 0 atom stereocenters. The summed E-state index contributed by atoms with van der Waals surface area (Å²) in [5.41, 5.74) is 9.32.